The summed E-state index contributed by atoms with van der Waals surface area (Å²) in [6.45, 7) is 0.224. The quantitative estimate of drug-likeness (QED) is 0.234. The number of nitrogens with one attached hydrogen (secondary N) is 2. The molecule has 3 N–H and O–H groups in total. The number of carbonyl (C=O) groups is 3. The van der Waals surface area contributed by atoms with Gasteiger partial charge in [0.2, 0.25) is 0 Å². The molecule has 0 aromatic heterocycles. The van der Waals surface area contributed by atoms with Crippen LogP contribution < -0.4 is 10.6 Å². The lowest BCUT2D eigenvalue weighted by Gasteiger charge is -2.18. The Labute approximate surface area is 243 Å². The van der Waals surface area contributed by atoms with Crippen molar-refractivity contribution in [3.8, 4) is 22.3 Å². The Balaban J connectivity index is 0.987. The van der Waals surface area contributed by atoms with Crippen LogP contribution >= 0.6 is 0 Å². The van der Waals surface area contributed by atoms with Crippen molar-refractivity contribution < 1.29 is 29.0 Å². The number of amides is 2. The predicted octanol–water partition coefficient (Wildman–Crippen LogP) is 5.91. The van der Waals surface area contributed by atoms with Gasteiger partial charge in [-0.05, 0) is 50.9 Å². The van der Waals surface area contributed by atoms with Crippen molar-refractivity contribution in [2.75, 3.05) is 19.8 Å². The smallest absolute Gasteiger partial charge is 0.407 e. The predicted molar refractivity (Wildman–Crippen MR) is 157 cm³/mol. The number of alkyl carbamates (subject to hydrolysis) is 2. The van der Waals surface area contributed by atoms with E-state index in [9.17, 15) is 19.5 Å². The third-order valence-corrected chi connectivity index (χ3v) is 7.98. The number of carbonyl (C=O) groups excluding carboxylic acids is 2. The van der Waals surface area contributed by atoms with Crippen molar-refractivity contribution in [1.29, 1.82) is 0 Å². The number of aliphatic carboxylic acids is 1. The van der Waals surface area contributed by atoms with E-state index in [1.165, 1.54) is 0 Å². The molecule has 2 aliphatic rings. The Kier molecular flexibility index (Phi) is 7.60. The molecule has 0 aliphatic heterocycles. The van der Waals surface area contributed by atoms with Crippen LogP contribution in [-0.2, 0) is 14.3 Å². The topological polar surface area (TPSA) is 114 Å². The molecule has 0 bridgehead atoms. The van der Waals surface area contributed by atoms with Crippen LogP contribution in [0.1, 0.15) is 40.5 Å². The van der Waals surface area contributed by atoms with E-state index in [0.29, 0.717) is 0 Å². The van der Waals surface area contributed by atoms with Crippen molar-refractivity contribution >= 4 is 18.2 Å². The minimum atomic E-state index is -1.24. The number of hydrogen-bond acceptors (Lipinski definition) is 5. The fourth-order valence-electron chi connectivity index (χ4n) is 6.01. The van der Waals surface area contributed by atoms with Gasteiger partial charge in [0.15, 0.2) is 0 Å². The second-order valence-corrected chi connectivity index (χ2v) is 10.4. The highest BCUT2D eigenvalue weighted by Gasteiger charge is 2.31. The van der Waals surface area contributed by atoms with Crippen LogP contribution in [0.2, 0.25) is 0 Å². The molecule has 6 rings (SSSR count). The zero-order valence-electron chi connectivity index (χ0n) is 22.8. The Morgan fingerprint density at radius 3 is 1.40 bits per heavy atom. The maximum absolute atomic E-state index is 12.6. The van der Waals surface area contributed by atoms with Gasteiger partial charge in [0.25, 0.3) is 0 Å². The Morgan fingerprint density at radius 1 is 0.619 bits per heavy atom. The number of fused-ring (bicyclic) bond motifs is 6. The molecule has 0 radical (unpaired) electrons. The maximum Gasteiger partial charge on any atom is 0.407 e. The van der Waals surface area contributed by atoms with E-state index < -0.39 is 24.2 Å². The van der Waals surface area contributed by atoms with Crippen LogP contribution in [0.3, 0.4) is 0 Å². The zero-order chi connectivity index (χ0) is 29.1. The lowest BCUT2D eigenvalue weighted by molar-refractivity contribution is -0.139. The molecule has 8 heteroatoms. The monoisotopic (exact) mass is 562 g/mol. The zero-order valence-corrected chi connectivity index (χ0v) is 22.8. The molecular formula is C34H30N2O6. The van der Waals surface area contributed by atoms with Crippen LogP contribution in [0.25, 0.3) is 22.3 Å². The Bertz CT molecular complexity index is 1560. The largest absolute Gasteiger partial charge is 0.480 e. The molecule has 42 heavy (non-hydrogen) atoms. The lowest BCUT2D eigenvalue weighted by atomic mass is 9.98. The van der Waals surface area contributed by atoms with Crippen molar-refractivity contribution in [2.24, 2.45) is 0 Å². The van der Waals surface area contributed by atoms with Crippen molar-refractivity contribution in [2.45, 2.75) is 24.3 Å². The highest BCUT2D eigenvalue weighted by Crippen LogP contribution is 2.45. The van der Waals surface area contributed by atoms with Gasteiger partial charge in [-0.1, -0.05) is 97.1 Å². The van der Waals surface area contributed by atoms with Gasteiger partial charge in [0.05, 0.1) is 0 Å². The Morgan fingerprint density at radius 2 is 1.00 bits per heavy atom. The molecule has 8 nitrogen and oxygen atoms in total. The third kappa shape index (κ3) is 5.31. The van der Waals surface area contributed by atoms with Gasteiger partial charge in [-0.15, -0.1) is 0 Å². The molecule has 0 heterocycles. The van der Waals surface area contributed by atoms with Crippen LogP contribution in [-0.4, -0.2) is 49.1 Å². The first-order valence-electron chi connectivity index (χ1n) is 13.9. The second-order valence-electron chi connectivity index (χ2n) is 10.4. The molecule has 0 saturated carbocycles. The fraction of sp³-hybridized carbons (Fsp3) is 0.206. The molecule has 0 spiro atoms. The first kappa shape index (κ1) is 27.1. The van der Waals surface area contributed by atoms with Gasteiger partial charge in [-0.3, -0.25) is 0 Å². The van der Waals surface area contributed by atoms with Gasteiger partial charge in [-0.2, -0.15) is 0 Å². The summed E-state index contributed by atoms with van der Waals surface area (Å²) in [5.41, 5.74) is 8.79. The second kappa shape index (κ2) is 11.8. The normalized spacial score (nSPS) is 13.7. The summed E-state index contributed by atoms with van der Waals surface area (Å²) in [4.78, 5) is 36.9. The minimum absolute atomic E-state index is 0.00268. The number of rotatable bonds is 9. The first-order chi connectivity index (χ1) is 20.5. The molecule has 2 aliphatic carbocycles. The van der Waals surface area contributed by atoms with Crippen LogP contribution in [0.5, 0.6) is 0 Å². The number of benzene rings is 4. The summed E-state index contributed by atoms with van der Waals surface area (Å²) >= 11 is 0. The average molecular weight is 563 g/mol. The van der Waals surface area contributed by atoms with Crippen LogP contribution in [0.4, 0.5) is 9.59 Å². The summed E-state index contributed by atoms with van der Waals surface area (Å²) in [5.74, 6) is -1.44. The molecular weight excluding hydrogens is 532 g/mol. The van der Waals surface area contributed by atoms with Crippen molar-refractivity contribution in [3.05, 3.63) is 119 Å². The SMILES string of the molecule is O=C(NCCC(NC(=O)OCC1c2ccccc2-c2ccccc21)C(=O)O)OCC1c2ccccc2-c2ccccc21. The van der Waals surface area contributed by atoms with Gasteiger partial charge < -0.3 is 25.2 Å². The van der Waals surface area contributed by atoms with Gasteiger partial charge in [-0.25, -0.2) is 14.4 Å². The van der Waals surface area contributed by atoms with Crippen molar-refractivity contribution in [3.63, 3.8) is 0 Å². The van der Waals surface area contributed by atoms with E-state index in [1.807, 2.05) is 84.9 Å². The molecule has 0 saturated heterocycles. The molecule has 2 amide bonds. The summed E-state index contributed by atoms with van der Waals surface area (Å²) < 4.78 is 11.0. The third-order valence-electron chi connectivity index (χ3n) is 7.98. The molecule has 1 unspecified atom stereocenters. The van der Waals surface area contributed by atoms with E-state index in [-0.39, 0.29) is 38.0 Å². The van der Waals surface area contributed by atoms with E-state index in [4.69, 9.17) is 9.47 Å². The van der Waals surface area contributed by atoms with E-state index >= 15 is 0 Å². The van der Waals surface area contributed by atoms with Gasteiger partial charge in [0.1, 0.15) is 19.3 Å². The summed E-state index contributed by atoms with van der Waals surface area (Å²) in [5, 5.41) is 14.6. The lowest BCUT2D eigenvalue weighted by Crippen LogP contribution is -2.43. The first-order valence-corrected chi connectivity index (χ1v) is 13.9. The van der Waals surface area contributed by atoms with E-state index in [2.05, 4.69) is 22.8 Å². The summed E-state index contributed by atoms with van der Waals surface area (Å²) in [7, 11) is 0. The van der Waals surface area contributed by atoms with E-state index in [0.717, 1.165) is 44.5 Å². The van der Waals surface area contributed by atoms with Gasteiger partial charge >= 0.3 is 18.2 Å². The molecule has 4 aromatic rings. The minimum Gasteiger partial charge on any atom is -0.480 e. The molecule has 0 fully saturated rings. The fourth-order valence-corrected chi connectivity index (χ4v) is 6.01. The van der Waals surface area contributed by atoms with Crippen LogP contribution in [0, 0.1) is 0 Å². The highest BCUT2D eigenvalue weighted by molar-refractivity contribution is 5.81. The number of carboxylic acid groups (broad SMARTS) is 1. The van der Waals surface area contributed by atoms with Crippen LogP contribution in [0.15, 0.2) is 97.1 Å². The number of carboxylic acids is 1. The Hall–Kier alpha value is -5.11. The maximum atomic E-state index is 12.6. The molecule has 1 atom stereocenters. The standard InChI is InChI=1S/C34H30N2O6/c37-32(38)31(36-34(40)42-20-30-27-15-7-3-11-23(27)24-12-4-8-16-28(24)30)17-18-35-33(39)41-19-29-25-13-5-1-9-21(25)22-10-2-6-14-26(22)29/h1-16,29-31H,17-20H2,(H,35,39)(H,36,40)(H,37,38). The van der Waals surface area contributed by atoms with Crippen molar-refractivity contribution in [1.82, 2.24) is 10.6 Å². The summed E-state index contributed by atoms with van der Waals surface area (Å²) in [6, 6.07) is 30.8. The van der Waals surface area contributed by atoms with E-state index in [1.54, 1.807) is 0 Å². The number of hydrogen-bond donors (Lipinski definition) is 3. The average Bonchev–Trinajstić information content (AvgIpc) is 3.51. The van der Waals surface area contributed by atoms with Gasteiger partial charge in [0, 0.05) is 18.4 Å². The number of ether oxygens (including phenoxy) is 2. The summed E-state index contributed by atoms with van der Waals surface area (Å²) in [6.07, 6.45) is -1.52. The molecule has 212 valence electrons. The highest BCUT2D eigenvalue weighted by atomic mass is 16.6. The molecule has 4 aromatic carbocycles.